The highest BCUT2D eigenvalue weighted by Gasteiger charge is 2.35. The number of rotatable bonds is 2. The first-order chi connectivity index (χ1) is 8.02. The van der Waals surface area contributed by atoms with Crippen LogP contribution in [0.5, 0.6) is 0 Å². The summed E-state index contributed by atoms with van der Waals surface area (Å²) in [6, 6.07) is 0. The van der Waals surface area contributed by atoms with Crippen molar-refractivity contribution in [2.75, 3.05) is 12.3 Å². The van der Waals surface area contributed by atoms with E-state index in [0.717, 1.165) is 10.8 Å². The Morgan fingerprint density at radius 2 is 2.41 bits per heavy atom. The number of ether oxygens (including phenoxy) is 1. The molecule has 17 heavy (non-hydrogen) atoms. The number of nitrogens with zero attached hydrogens (tertiary/aromatic N) is 2. The molecule has 1 saturated heterocycles. The summed E-state index contributed by atoms with van der Waals surface area (Å²) in [5.74, 6) is -1.37. The third-order valence-corrected chi connectivity index (χ3v) is 2.58. The first-order valence-corrected chi connectivity index (χ1v) is 5.01. The van der Waals surface area contributed by atoms with Crippen molar-refractivity contribution in [2.45, 2.75) is 24.9 Å². The minimum atomic E-state index is -1.05. The average molecular weight is 245 g/mol. The van der Waals surface area contributed by atoms with Gasteiger partial charge in [-0.3, -0.25) is 4.57 Å². The number of aliphatic hydroxyl groups excluding tert-OH is 2. The number of nitrogen functional groups attached to an aromatic ring is 1. The smallest absolute Gasteiger partial charge is 0.351 e. The molecule has 0 spiro atoms. The second kappa shape index (κ2) is 4.40. The summed E-state index contributed by atoms with van der Waals surface area (Å²) in [5, 5.41) is 18.5. The second-order valence-corrected chi connectivity index (χ2v) is 3.80. The van der Waals surface area contributed by atoms with Gasteiger partial charge in [-0.15, -0.1) is 0 Å². The van der Waals surface area contributed by atoms with Gasteiger partial charge in [-0.2, -0.15) is 4.98 Å². The van der Waals surface area contributed by atoms with Crippen LogP contribution in [0.3, 0.4) is 0 Å². The van der Waals surface area contributed by atoms with Crippen LogP contribution < -0.4 is 11.4 Å². The molecule has 94 valence electrons. The lowest BCUT2D eigenvalue weighted by Gasteiger charge is -2.17. The Kier molecular flexibility index (Phi) is 3.09. The maximum Gasteiger partial charge on any atom is 0.351 e. The summed E-state index contributed by atoms with van der Waals surface area (Å²) in [6.45, 7) is -0.285. The molecule has 1 unspecified atom stereocenters. The second-order valence-electron chi connectivity index (χ2n) is 3.80. The Labute approximate surface area is 95.3 Å². The van der Waals surface area contributed by atoms with Gasteiger partial charge in [0.15, 0.2) is 17.9 Å². The van der Waals surface area contributed by atoms with Crippen LogP contribution in [0.25, 0.3) is 0 Å². The van der Waals surface area contributed by atoms with Crippen molar-refractivity contribution in [1.29, 1.82) is 0 Å². The van der Waals surface area contributed by atoms with Gasteiger partial charge in [0.05, 0.1) is 18.9 Å². The van der Waals surface area contributed by atoms with E-state index in [9.17, 15) is 14.3 Å². The molecule has 1 aliphatic heterocycles. The Hall–Kier alpha value is -1.51. The van der Waals surface area contributed by atoms with Gasteiger partial charge in [-0.1, -0.05) is 0 Å². The number of aromatic nitrogens is 2. The molecule has 7 nitrogen and oxygen atoms in total. The normalized spacial score (nSPS) is 28.5. The van der Waals surface area contributed by atoms with Crippen molar-refractivity contribution >= 4 is 5.82 Å². The number of halogens is 1. The van der Waals surface area contributed by atoms with Crippen LogP contribution in [-0.2, 0) is 4.74 Å². The van der Waals surface area contributed by atoms with Gasteiger partial charge in [0, 0.05) is 6.42 Å². The van der Waals surface area contributed by atoms with Crippen LogP contribution in [0.1, 0.15) is 12.6 Å². The SMILES string of the molecule is Nc1nc(=O)n([C@@H]2O[C@H](CO)CC2O)cc1F. The summed E-state index contributed by atoms with van der Waals surface area (Å²) in [5.41, 5.74) is 4.32. The zero-order valence-corrected chi connectivity index (χ0v) is 8.78. The molecular formula is C9H12FN3O4. The zero-order chi connectivity index (χ0) is 12.6. The molecule has 0 aromatic carbocycles. The van der Waals surface area contributed by atoms with E-state index in [0.29, 0.717) is 0 Å². The van der Waals surface area contributed by atoms with E-state index in [1.54, 1.807) is 0 Å². The van der Waals surface area contributed by atoms with E-state index in [1.165, 1.54) is 0 Å². The van der Waals surface area contributed by atoms with Crippen molar-refractivity contribution in [3.05, 3.63) is 22.5 Å². The van der Waals surface area contributed by atoms with Crippen LogP contribution >= 0.6 is 0 Å². The van der Waals surface area contributed by atoms with Gasteiger partial charge in [0.2, 0.25) is 0 Å². The average Bonchev–Trinajstić information content (AvgIpc) is 2.65. The first kappa shape index (κ1) is 12.0. The molecule has 0 aliphatic carbocycles. The van der Waals surface area contributed by atoms with Crippen LogP contribution in [0.15, 0.2) is 11.0 Å². The van der Waals surface area contributed by atoms with Gasteiger partial charge in [0.25, 0.3) is 0 Å². The van der Waals surface area contributed by atoms with Gasteiger partial charge in [0.1, 0.15) is 6.10 Å². The Morgan fingerprint density at radius 3 is 3.00 bits per heavy atom. The first-order valence-electron chi connectivity index (χ1n) is 5.01. The fourth-order valence-electron chi connectivity index (χ4n) is 1.74. The van der Waals surface area contributed by atoms with Crippen LogP contribution in [0.2, 0.25) is 0 Å². The number of anilines is 1. The Morgan fingerprint density at radius 1 is 1.71 bits per heavy atom. The van der Waals surface area contributed by atoms with Crippen molar-refractivity contribution in [2.24, 2.45) is 0 Å². The summed E-state index contributed by atoms with van der Waals surface area (Å²) < 4.78 is 19.2. The molecule has 2 rings (SSSR count). The summed E-state index contributed by atoms with van der Waals surface area (Å²) in [4.78, 5) is 14.7. The maximum atomic E-state index is 13.2. The summed E-state index contributed by atoms with van der Waals surface area (Å²) in [6.07, 6.45) is -1.64. The Bertz CT molecular complexity index is 478. The van der Waals surface area contributed by atoms with Crippen molar-refractivity contribution in [1.82, 2.24) is 9.55 Å². The molecule has 1 aromatic heterocycles. The monoisotopic (exact) mass is 245 g/mol. The largest absolute Gasteiger partial charge is 0.394 e. The van der Waals surface area contributed by atoms with E-state index in [4.69, 9.17) is 15.6 Å². The van der Waals surface area contributed by atoms with E-state index in [-0.39, 0.29) is 13.0 Å². The van der Waals surface area contributed by atoms with E-state index in [2.05, 4.69) is 4.98 Å². The highest BCUT2D eigenvalue weighted by Crippen LogP contribution is 2.27. The predicted octanol–water partition coefficient (Wildman–Crippen LogP) is -1.39. The highest BCUT2D eigenvalue weighted by molar-refractivity contribution is 5.26. The maximum absolute atomic E-state index is 13.2. The van der Waals surface area contributed by atoms with Crippen molar-refractivity contribution < 1.29 is 19.3 Å². The molecule has 3 atom stereocenters. The molecule has 0 bridgehead atoms. The van der Waals surface area contributed by atoms with Gasteiger partial charge in [-0.25, -0.2) is 9.18 Å². The summed E-state index contributed by atoms with van der Waals surface area (Å²) >= 11 is 0. The molecule has 1 aromatic rings. The molecular weight excluding hydrogens is 233 g/mol. The van der Waals surface area contributed by atoms with Crippen LogP contribution in [0.4, 0.5) is 10.2 Å². The number of aliphatic hydroxyl groups is 2. The topological polar surface area (TPSA) is 111 Å². The molecule has 1 aliphatic rings. The quantitative estimate of drug-likeness (QED) is 0.591. The minimum Gasteiger partial charge on any atom is -0.394 e. The minimum absolute atomic E-state index is 0.166. The molecule has 0 radical (unpaired) electrons. The standard InChI is InChI=1S/C9H12FN3O4/c10-5-2-13(9(16)12-7(5)11)8-6(15)1-4(3-14)17-8/h2,4,6,8,14-15H,1,3H2,(H2,11,12,16)/t4-,6?,8+/m0/s1. The fraction of sp³-hybridized carbons (Fsp3) is 0.556. The van der Waals surface area contributed by atoms with Gasteiger partial charge in [-0.05, 0) is 0 Å². The van der Waals surface area contributed by atoms with Gasteiger partial charge < -0.3 is 20.7 Å². The molecule has 4 N–H and O–H groups in total. The lowest BCUT2D eigenvalue weighted by atomic mass is 10.2. The molecule has 0 amide bonds. The lowest BCUT2D eigenvalue weighted by molar-refractivity contribution is -0.0533. The van der Waals surface area contributed by atoms with Crippen LogP contribution in [-0.4, -0.2) is 38.6 Å². The van der Waals surface area contributed by atoms with Crippen LogP contribution in [0, 0.1) is 5.82 Å². The highest BCUT2D eigenvalue weighted by atomic mass is 19.1. The molecule has 0 saturated carbocycles. The fourth-order valence-corrected chi connectivity index (χ4v) is 1.74. The van der Waals surface area contributed by atoms with E-state index in [1.807, 2.05) is 0 Å². The summed E-state index contributed by atoms with van der Waals surface area (Å²) in [7, 11) is 0. The molecule has 1 fully saturated rings. The Balaban J connectivity index is 2.35. The molecule has 8 heteroatoms. The van der Waals surface area contributed by atoms with E-state index >= 15 is 0 Å². The third kappa shape index (κ3) is 2.14. The molecule has 2 heterocycles. The van der Waals surface area contributed by atoms with Gasteiger partial charge >= 0.3 is 5.69 Å². The number of hydrogen-bond donors (Lipinski definition) is 3. The third-order valence-electron chi connectivity index (χ3n) is 2.58. The predicted molar refractivity (Wildman–Crippen MR) is 54.5 cm³/mol. The van der Waals surface area contributed by atoms with Crippen molar-refractivity contribution in [3.63, 3.8) is 0 Å². The lowest BCUT2D eigenvalue weighted by Crippen LogP contribution is -2.32. The van der Waals surface area contributed by atoms with Crippen molar-refractivity contribution in [3.8, 4) is 0 Å². The number of nitrogens with two attached hydrogens (primary N) is 1. The number of hydrogen-bond acceptors (Lipinski definition) is 6. The van der Waals surface area contributed by atoms with E-state index < -0.39 is 35.8 Å². The zero-order valence-electron chi connectivity index (χ0n) is 8.78.